The molecule has 12 heteroatoms. The summed E-state index contributed by atoms with van der Waals surface area (Å²) < 4.78 is 19.6. The molecular weight excluding hydrogens is 419 g/mol. The number of ether oxygens (including phenoxy) is 4. The van der Waals surface area contributed by atoms with Crippen molar-refractivity contribution < 1.29 is 38.1 Å². The summed E-state index contributed by atoms with van der Waals surface area (Å²) in [5.74, 6) is -3.16. The molecule has 1 aliphatic heterocycles. The first-order chi connectivity index (χ1) is 12.2. The van der Waals surface area contributed by atoms with Gasteiger partial charge in [-0.15, -0.1) is 24.8 Å². The average Bonchev–Trinajstić information content (AvgIpc) is 2.59. The Morgan fingerprint density at radius 3 is 1.39 bits per heavy atom. The van der Waals surface area contributed by atoms with E-state index in [4.69, 9.17) is 30.4 Å². The van der Waals surface area contributed by atoms with Gasteiger partial charge in [-0.1, -0.05) is 0 Å². The number of carbonyl (C=O) groups excluding carboxylic acids is 4. The van der Waals surface area contributed by atoms with Crippen molar-refractivity contribution in [1.29, 1.82) is 0 Å². The Kier molecular flexibility index (Phi) is 14.0. The molecule has 160 valence electrons. The van der Waals surface area contributed by atoms with Crippen LogP contribution < -0.4 is 11.5 Å². The summed E-state index contributed by atoms with van der Waals surface area (Å²) in [5, 5.41) is 0. The molecule has 0 amide bonds. The first kappa shape index (κ1) is 28.1. The maximum atomic E-state index is 11.8. The fraction of sp³-hybridized carbons (Fsp3) is 0.500. The molecule has 0 saturated heterocycles. The van der Waals surface area contributed by atoms with Crippen molar-refractivity contribution in [2.24, 2.45) is 11.5 Å². The van der Waals surface area contributed by atoms with Crippen molar-refractivity contribution in [2.75, 3.05) is 13.2 Å². The maximum absolute atomic E-state index is 11.8. The van der Waals surface area contributed by atoms with Gasteiger partial charge in [0.2, 0.25) is 0 Å². The zero-order valence-corrected chi connectivity index (χ0v) is 16.9. The van der Waals surface area contributed by atoms with Crippen molar-refractivity contribution in [3.63, 3.8) is 0 Å². The van der Waals surface area contributed by atoms with Gasteiger partial charge in [0, 0.05) is 12.2 Å². The minimum atomic E-state index is -1.21. The van der Waals surface area contributed by atoms with E-state index in [2.05, 4.69) is 0 Å². The summed E-state index contributed by atoms with van der Waals surface area (Å²) in [6, 6.07) is -2.41. The molecule has 0 radical (unpaired) electrons. The van der Waals surface area contributed by atoms with Crippen molar-refractivity contribution >= 4 is 48.7 Å². The lowest BCUT2D eigenvalue weighted by Gasteiger charge is -2.19. The van der Waals surface area contributed by atoms with E-state index in [1.54, 1.807) is 0 Å². The number of rotatable bonds is 0. The second-order valence-electron chi connectivity index (χ2n) is 5.40. The molecule has 0 aliphatic carbocycles. The molecule has 28 heavy (non-hydrogen) atoms. The molecule has 4 atom stereocenters. The van der Waals surface area contributed by atoms with E-state index in [1.165, 1.54) is 26.0 Å². The Hall–Kier alpha value is -2.14. The monoisotopic (exact) mass is 442 g/mol. The number of carbonyl (C=O) groups is 4. The van der Waals surface area contributed by atoms with E-state index in [-0.39, 0.29) is 38.0 Å². The van der Waals surface area contributed by atoms with E-state index in [0.29, 0.717) is 0 Å². The summed E-state index contributed by atoms with van der Waals surface area (Å²) >= 11 is 0. The minimum Gasteiger partial charge on any atom is -0.460 e. The van der Waals surface area contributed by atoms with Crippen LogP contribution in [0, 0.1) is 0 Å². The third kappa shape index (κ3) is 9.70. The van der Waals surface area contributed by atoms with Crippen molar-refractivity contribution in [1.82, 2.24) is 0 Å². The van der Waals surface area contributed by atoms with Gasteiger partial charge in [0.15, 0.2) is 0 Å². The molecule has 0 spiro atoms. The van der Waals surface area contributed by atoms with Gasteiger partial charge in [0.05, 0.1) is 0 Å². The van der Waals surface area contributed by atoms with Crippen molar-refractivity contribution in [2.45, 2.75) is 38.1 Å². The molecule has 0 fully saturated rings. The van der Waals surface area contributed by atoms with E-state index in [0.717, 1.165) is 12.2 Å². The van der Waals surface area contributed by atoms with Crippen LogP contribution in [0.4, 0.5) is 0 Å². The van der Waals surface area contributed by atoms with E-state index >= 15 is 0 Å². The Morgan fingerprint density at radius 1 is 0.750 bits per heavy atom. The molecular formula is C16H24Cl2N2O8. The number of hydrogen-bond acceptors (Lipinski definition) is 10. The summed E-state index contributed by atoms with van der Waals surface area (Å²) in [4.78, 5) is 46.8. The maximum Gasteiger partial charge on any atom is 0.330 e. The zero-order chi connectivity index (χ0) is 19.7. The lowest BCUT2D eigenvalue weighted by atomic mass is 10.2. The van der Waals surface area contributed by atoms with Crippen LogP contribution in [0.15, 0.2) is 24.3 Å². The summed E-state index contributed by atoms with van der Waals surface area (Å²) in [5.41, 5.74) is 11.3. The number of esters is 4. The predicted molar refractivity (Wildman–Crippen MR) is 102 cm³/mol. The normalized spacial score (nSPS) is 29.9. The number of cyclic esters (lactones) is 4. The van der Waals surface area contributed by atoms with Gasteiger partial charge in [-0.3, -0.25) is 9.59 Å². The standard InChI is InChI=1S/C16H22N2O8.2ClH/c1-9-13(17)15(21)23-7-4-6-12(20)26-10(2)14(18)16(22)24-8-3-5-11(19)25-9;;/h3-6,9-10,13-14H,7-8,17-18H2,1-2H3;2*1H/b5-3+,6-4+;;/t9-,10-,13+,14+;;/m1../s1. The zero-order valence-electron chi connectivity index (χ0n) is 15.3. The van der Waals surface area contributed by atoms with Crippen LogP contribution in [0.3, 0.4) is 0 Å². The molecule has 4 N–H and O–H groups in total. The quantitative estimate of drug-likeness (QED) is 0.371. The number of nitrogens with two attached hydrogens (primary N) is 2. The molecule has 0 aromatic heterocycles. The highest BCUT2D eigenvalue weighted by Gasteiger charge is 2.26. The Balaban J connectivity index is 0. The Labute approximate surface area is 174 Å². The SMILES string of the molecule is C[C@H]1OC(=O)/C=C/COC(=O)[C@@H](N)[C@@H](C)OC(=O)/C=C/COC(=O)[C@H]1N.Cl.Cl. The van der Waals surface area contributed by atoms with Crippen molar-refractivity contribution in [3.05, 3.63) is 24.3 Å². The van der Waals surface area contributed by atoms with Crippen LogP contribution in [0.2, 0.25) is 0 Å². The highest BCUT2D eigenvalue weighted by Crippen LogP contribution is 2.03. The average molecular weight is 443 g/mol. The van der Waals surface area contributed by atoms with Crippen LogP contribution in [0.1, 0.15) is 13.8 Å². The molecule has 0 aromatic rings. The molecule has 0 saturated carbocycles. The third-order valence-corrected chi connectivity index (χ3v) is 3.31. The van der Waals surface area contributed by atoms with Crippen LogP contribution in [0.5, 0.6) is 0 Å². The summed E-state index contributed by atoms with van der Waals surface area (Å²) in [6.45, 7) is 2.35. The molecule has 1 aliphatic rings. The number of hydrogen-bond donors (Lipinski definition) is 2. The molecule has 10 nitrogen and oxygen atoms in total. The number of halogens is 2. The van der Waals surface area contributed by atoms with Crippen LogP contribution in [-0.4, -0.2) is 61.4 Å². The smallest absolute Gasteiger partial charge is 0.330 e. The molecule has 0 unspecified atom stereocenters. The molecule has 1 heterocycles. The lowest BCUT2D eigenvalue weighted by molar-refractivity contribution is -0.155. The summed E-state index contributed by atoms with van der Waals surface area (Å²) in [6.07, 6.45) is 2.58. The first-order valence-electron chi connectivity index (χ1n) is 7.81. The van der Waals surface area contributed by atoms with Gasteiger partial charge in [-0.05, 0) is 26.0 Å². The highest BCUT2D eigenvalue weighted by atomic mass is 35.5. The highest BCUT2D eigenvalue weighted by molar-refractivity contribution is 5.86. The van der Waals surface area contributed by atoms with Gasteiger partial charge in [-0.25, -0.2) is 9.59 Å². The Morgan fingerprint density at radius 2 is 1.07 bits per heavy atom. The largest absolute Gasteiger partial charge is 0.460 e. The van der Waals surface area contributed by atoms with Gasteiger partial charge in [0.1, 0.15) is 37.5 Å². The fourth-order valence-electron chi connectivity index (χ4n) is 1.72. The Bertz CT molecular complexity index is 559. The fourth-order valence-corrected chi connectivity index (χ4v) is 1.72. The molecule has 0 aromatic carbocycles. The third-order valence-electron chi connectivity index (χ3n) is 3.31. The van der Waals surface area contributed by atoms with Gasteiger partial charge < -0.3 is 30.4 Å². The van der Waals surface area contributed by atoms with E-state index < -0.39 is 48.2 Å². The second kappa shape index (κ2) is 13.9. The van der Waals surface area contributed by atoms with Crippen LogP contribution >= 0.6 is 24.8 Å². The molecule has 0 bridgehead atoms. The van der Waals surface area contributed by atoms with Crippen molar-refractivity contribution in [3.8, 4) is 0 Å². The second-order valence-corrected chi connectivity index (χ2v) is 5.40. The van der Waals surface area contributed by atoms with Crippen LogP contribution in [0.25, 0.3) is 0 Å². The molecule has 1 rings (SSSR count). The van der Waals surface area contributed by atoms with Gasteiger partial charge in [-0.2, -0.15) is 0 Å². The van der Waals surface area contributed by atoms with Gasteiger partial charge in [0.25, 0.3) is 0 Å². The van der Waals surface area contributed by atoms with E-state index in [1.807, 2.05) is 0 Å². The predicted octanol–water partition coefficient (Wildman–Crippen LogP) is -0.440. The lowest BCUT2D eigenvalue weighted by Crippen LogP contribution is -2.44. The van der Waals surface area contributed by atoms with E-state index in [9.17, 15) is 19.2 Å². The summed E-state index contributed by atoms with van der Waals surface area (Å²) in [7, 11) is 0. The first-order valence-corrected chi connectivity index (χ1v) is 7.81. The van der Waals surface area contributed by atoms with Gasteiger partial charge >= 0.3 is 23.9 Å². The minimum absolute atomic E-state index is 0. The topological polar surface area (TPSA) is 157 Å². The van der Waals surface area contributed by atoms with Crippen LogP contribution in [-0.2, 0) is 38.1 Å².